The first-order valence-electron chi connectivity index (χ1n) is 10.9. The van der Waals surface area contributed by atoms with Gasteiger partial charge in [-0.05, 0) is 60.5 Å². The van der Waals surface area contributed by atoms with E-state index < -0.39 is 23.6 Å². The van der Waals surface area contributed by atoms with Crippen LogP contribution in [0.1, 0.15) is 29.3 Å². The molecule has 0 radical (unpaired) electrons. The highest BCUT2D eigenvalue weighted by molar-refractivity contribution is 6.46. The highest BCUT2D eigenvalue weighted by Crippen LogP contribution is 2.36. The molecular formula is C27H23FN2O4. The van der Waals surface area contributed by atoms with E-state index in [-0.39, 0.29) is 11.3 Å². The minimum atomic E-state index is -0.532. The number of imide groups is 1. The molecule has 6 nitrogen and oxygen atoms in total. The van der Waals surface area contributed by atoms with E-state index in [0.717, 1.165) is 4.90 Å². The Morgan fingerprint density at radius 3 is 2.18 bits per heavy atom. The zero-order valence-corrected chi connectivity index (χ0v) is 18.8. The molecule has 0 atom stereocenters. The van der Waals surface area contributed by atoms with Gasteiger partial charge in [0.25, 0.3) is 11.8 Å². The second-order valence-electron chi connectivity index (χ2n) is 7.75. The second kappa shape index (κ2) is 9.70. The van der Waals surface area contributed by atoms with Crippen molar-refractivity contribution in [2.75, 3.05) is 23.5 Å². The molecule has 0 spiro atoms. The third-order valence-electron chi connectivity index (χ3n) is 5.47. The lowest BCUT2D eigenvalue weighted by atomic mass is 10.0. The van der Waals surface area contributed by atoms with E-state index >= 15 is 0 Å². The molecule has 1 aliphatic rings. The number of carbonyl (C=O) groups excluding carboxylic acids is 3. The molecule has 172 valence electrons. The first-order valence-corrected chi connectivity index (χ1v) is 10.9. The van der Waals surface area contributed by atoms with Gasteiger partial charge in [-0.3, -0.25) is 9.59 Å². The van der Waals surface area contributed by atoms with E-state index in [1.807, 2.05) is 37.3 Å². The number of hydrogen-bond donors (Lipinski definition) is 0. The van der Waals surface area contributed by atoms with Crippen LogP contribution in [0.25, 0.3) is 5.57 Å². The van der Waals surface area contributed by atoms with Crippen LogP contribution in [-0.2, 0) is 14.3 Å². The lowest BCUT2D eigenvalue weighted by molar-refractivity contribution is -0.120. The van der Waals surface area contributed by atoms with Gasteiger partial charge in [0.05, 0.1) is 23.4 Å². The Hall–Kier alpha value is -4.26. The summed E-state index contributed by atoms with van der Waals surface area (Å²) in [5.74, 6) is -1.96. The average Bonchev–Trinajstić information content (AvgIpc) is 3.13. The van der Waals surface area contributed by atoms with E-state index in [9.17, 15) is 18.8 Å². The van der Waals surface area contributed by atoms with Crippen molar-refractivity contribution >= 4 is 34.7 Å². The van der Waals surface area contributed by atoms with Crippen LogP contribution in [0.3, 0.4) is 0 Å². The SMILES string of the molecule is CCCOC(=O)c1ccc(N2C(=O)C(c3ccc(F)cc3)=C(N(C)c3ccccc3)C2=O)cc1. The van der Waals surface area contributed by atoms with E-state index in [2.05, 4.69) is 0 Å². The van der Waals surface area contributed by atoms with Crippen LogP contribution in [0, 0.1) is 5.82 Å². The van der Waals surface area contributed by atoms with Crippen molar-refractivity contribution < 1.29 is 23.5 Å². The molecular weight excluding hydrogens is 435 g/mol. The molecule has 0 aromatic heterocycles. The van der Waals surface area contributed by atoms with Crippen molar-refractivity contribution in [3.05, 3.63) is 102 Å². The standard InChI is InChI=1S/C27H23FN2O4/c1-3-17-34-27(33)19-11-15-22(16-12-19)30-25(31)23(18-9-13-20(28)14-10-18)24(26(30)32)29(2)21-7-5-4-6-8-21/h4-16H,3,17H2,1-2H3. The van der Waals surface area contributed by atoms with Gasteiger partial charge in [0.15, 0.2) is 0 Å². The molecule has 0 fully saturated rings. The largest absolute Gasteiger partial charge is 0.462 e. The maximum atomic E-state index is 13.6. The van der Waals surface area contributed by atoms with Crippen molar-refractivity contribution in [1.82, 2.24) is 0 Å². The Bertz CT molecular complexity index is 1250. The molecule has 3 aromatic rings. The third-order valence-corrected chi connectivity index (χ3v) is 5.47. The molecule has 0 N–H and O–H groups in total. The Kier molecular flexibility index (Phi) is 6.54. The topological polar surface area (TPSA) is 66.9 Å². The first-order chi connectivity index (χ1) is 16.4. The average molecular weight is 458 g/mol. The van der Waals surface area contributed by atoms with Gasteiger partial charge in [-0.1, -0.05) is 37.3 Å². The van der Waals surface area contributed by atoms with E-state index in [1.54, 1.807) is 11.9 Å². The van der Waals surface area contributed by atoms with Crippen LogP contribution in [-0.4, -0.2) is 31.4 Å². The van der Waals surface area contributed by atoms with Gasteiger partial charge in [0.2, 0.25) is 0 Å². The molecule has 2 amide bonds. The molecule has 34 heavy (non-hydrogen) atoms. The van der Waals surface area contributed by atoms with Gasteiger partial charge in [-0.25, -0.2) is 14.1 Å². The number of hydrogen-bond acceptors (Lipinski definition) is 5. The molecule has 0 saturated carbocycles. The van der Waals surface area contributed by atoms with Crippen molar-refractivity contribution in [2.24, 2.45) is 0 Å². The highest BCUT2D eigenvalue weighted by atomic mass is 19.1. The summed E-state index contributed by atoms with van der Waals surface area (Å²) >= 11 is 0. The van der Waals surface area contributed by atoms with Gasteiger partial charge in [0, 0.05) is 12.7 Å². The fourth-order valence-electron chi connectivity index (χ4n) is 3.75. The minimum absolute atomic E-state index is 0.169. The maximum Gasteiger partial charge on any atom is 0.338 e. The number of esters is 1. The summed E-state index contributed by atoms with van der Waals surface area (Å²) < 4.78 is 18.7. The number of carbonyl (C=O) groups is 3. The second-order valence-corrected chi connectivity index (χ2v) is 7.75. The Balaban J connectivity index is 1.74. The van der Waals surface area contributed by atoms with Gasteiger partial charge in [0.1, 0.15) is 11.5 Å². The number of likely N-dealkylation sites (N-methyl/N-ethyl adjacent to an activating group) is 1. The summed E-state index contributed by atoms with van der Waals surface area (Å²) in [6, 6.07) is 20.7. The van der Waals surface area contributed by atoms with Crippen LogP contribution in [0.5, 0.6) is 0 Å². The molecule has 0 unspecified atom stereocenters. The molecule has 1 aliphatic heterocycles. The number of rotatable bonds is 7. The molecule has 0 saturated heterocycles. The van der Waals surface area contributed by atoms with E-state index in [4.69, 9.17) is 4.74 Å². The lowest BCUT2D eigenvalue weighted by Gasteiger charge is -2.21. The summed E-state index contributed by atoms with van der Waals surface area (Å²) in [5, 5.41) is 0. The van der Waals surface area contributed by atoms with Crippen molar-refractivity contribution in [3.8, 4) is 0 Å². The van der Waals surface area contributed by atoms with Gasteiger partial charge in [-0.2, -0.15) is 0 Å². The molecule has 3 aromatic carbocycles. The predicted molar refractivity (Wildman–Crippen MR) is 128 cm³/mol. The Labute approximate surface area is 196 Å². The number of ether oxygens (including phenoxy) is 1. The zero-order valence-electron chi connectivity index (χ0n) is 18.8. The third kappa shape index (κ3) is 4.32. The maximum absolute atomic E-state index is 13.6. The minimum Gasteiger partial charge on any atom is -0.462 e. The highest BCUT2D eigenvalue weighted by Gasteiger charge is 2.42. The van der Waals surface area contributed by atoms with Crippen LogP contribution in [0.4, 0.5) is 15.8 Å². The van der Waals surface area contributed by atoms with Crippen LogP contribution in [0.2, 0.25) is 0 Å². The number of nitrogens with zero attached hydrogens (tertiary/aromatic N) is 2. The summed E-state index contributed by atoms with van der Waals surface area (Å²) in [7, 11) is 1.70. The van der Waals surface area contributed by atoms with Crippen molar-refractivity contribution in [3.63, 3.8) is 0 Å². The molecule has 7 heteroatoms. The van der Waals surface area contributed by atoms with Crippen LogP contribution < -0.4 is 9.80 Å². The van der Waals surface area contributed by atoms with Gasteiger partial charge >= 0.3 is 5.97 Å². The van der Waals surface area contributed by atoms with E-state index in [1.165, 1.54) is 48.5 Å². The van der Waals surface area contributed by atoms with Gasteiger partial charge < -0.3 is 9.64 Å². The fourth-order valence-corrected chi connectivity index (χ4v) is 3.75. The number of halogens is 1. The smallest absolute Gasteiger partial charge is 0.338 e. The van der Waals surface area contributed by atoms with E-state index in [0.29, 0.717) is 35.5 Å². The Morgan fingerprint density at radius 1 is 0.912 bits per heavy atom. The fraction of sp³-hybridized carbons (Fsp3) is 0.148. The Morgan fingerprint density at radius 2 is 1.56 bits per heavy atom. The molecule has 0 bridgehead atoms. The normalized spacial score (nSPS) is 13.4. The number of benzene rings is 3. The zero-order chi connectivity index (χ0) is 24.2. The van der Waals surface area contributed by atoms with Crippen LogP contribution in [0.15, 0.2) is 84.6 Å². The molecule has 0 aliphatic carbocycles. The first kappa shape index (κ1) is 22.9. The van der Waals surface area contributed by atoms with Gasteiger partial charge in [-0.15, -0.1) is 0 Å². The number of anilines is 2. The van der Waals surface area contributed by atoms with Crippen molar-refractivity contribution in [1.29, 1.82) is 0 Å². The monoisotopic (exact) mass is 458 g/mol. The molecule has 1 heterocycles. The quantitative estimate of drug-likeness (QED) is 0.375. The number of amides is 2. The van der Waals surface area contributed by atoms with Crippen molar-refractivity contribution in [2.45, 2.75) is 13.3 Å². The summed E-state index contributed by atoms with van der Waals surface area (Å²) in [6.07, 6.45) is 0.705. The molecule has 4 rings (SSSR count). The summed E-state index contributed by atoms with van der Waals surface area (Å²) in [4.78, 5) is 41.9. The lowest BCUT2D eigenvalue weighted by Crippen LogP contribution is -2.34. The summed E-state index contributed by atoms with van der Waals surface area (Å²) in [6.45, 7) is 2.21. The predicted octanol–water partition coefficient (Wildman–Crippen LogP) is 4.81. The van der Waals surface area contributed by atoms with Crippen LogP contribution >= 0.6 is 0 Å². The number of para-hydroxylation sites is 1. The summed E-state index contributed by atoms with van der Waals surface area (Å²) in [5.41, 5.74) is 2.13.